The van der Waals surface area contributed by atoms with Gasteiger partial charge in [0.05, 0.1) is 0 Å². The van der Waals surface area contributed by atoms with Gasteiger partial charge >= 0.3 is 11.9 Å². The van der Waals surface area contributed by atoms with Gasteiger partial charge in [-0.25, -0.2) is 9.59 Å². The smallest absolute Gasteiger partial charge is 0.336 e. The molecule has 0 N–H and O–H groups in total. The Bertz CT molecular complexity index is 899. The van der Waals surface area contributed by atoms with Gasteiger partial charge in [0.15, 0.2) is 0 Å². The highest BCUT2D eigenvalue weighted by atomic mass is 16.6. The number of nitrogens with zero attached hydrogens (tertiary/aromatic N) is 5. The van der Waals surface area contributed by atoms with Crippen LogP contribution in [0.5, 0.6) is 11.6 Å². The molecule has 4 aliphatic heterocycles. The lowest BCUT2D eigenvalue weighted by molar-refractivity contribution is -0.144. The number of ether oxygens (including phenoxy) is 3. The Morgan fingerprint density at radius 2 is 1.76 bits per heavy atom. The van der Waals surface area contributed by atoms with Crippen LogP contribution in [0.3, 0.4) is 0 Å². The van der Waals surface area contributed by atoms with Crippen LogP contribution in [0, 0.1) is 0 Å². The van der Waals surface area contributed by atoms with Crippen LogP contribution in [-0.4, -0.2) is 102 Å². The van der Waals surface area contributed by atoms with E-state index in [1.54, 1.807) is 4.68 Å². The number of carbonyl (C=O) groups excluding carboxylic acids is 2. The summed E-state index contributed by atoms with van der Waals surface area (Å²) < 4.78 is 18.8. The predicted molar refractivity (Wildman–Crippen MR) is 119 cm³/mol. The van der Waals surface area contributed by atoms with Crippen LogP contribution in [0.1, 0.15) is 37.5 Å². The maximum absolute atomic E-state index is 12.1. The van der Waals surface area contributed by atoms with Crippen molar-refractivity contribution in [2.24, 2.45) is 0 Å². The fourth-order valence-corrected chi connectivity index (χ4v) is 5.22. The molecule has 0 aromatic carbocycles. The summed E-state index contributed by atoms with van der Waals surface area (Å²) >= 11 is 0. The van der Waals surface area contributed by atoms with Gasteiger partial charge in [0.2, 0.25) is 5.75 Å². The molecule has 180 valence electrons. The topological polar surface area (TPSA) is 89.4 Å². The van der Waals surface area contributed by atoms with Crippen LogP contribution in [-0.2, 0) is 20.9 Å². The zero-order chi connectivity index (χ0) is 22.8. The molecule has 1 aromatic rings. The first-order valence-electron chi connectivity index (χ1n) is 12.1. The highest BCUT2D eigenvalue weighted by Crippen LogP contribution is 2.41. The summed E-state index contributed by atoms with van der Waals surface area (Å²) in [6.45, 7) is 8.53. The van der Waals surface area contributed by atoms with Gasteiger partial charge in [-0.2, -0.15) is 0 Å². The van der Waals surface area contributed by atoms with Crippen molar-refractivity contribution in [3.8, 4) is 11.6 Å². The molecule has 0 bridgehead atoms. The zero-order valence-electron chi connectivity index (χ0n) is 19.3. The number of esters is 2. The van der Waals surface area contributed by atoms with E-state index in [2.05, 4.69) is 26.8 Å². The number of piperidine rings is 1. The first kappa shape index (κ1) is 22.4. The third-order valence-corrected chi connectivity index (χ3v) is 7.13. The van der Waals surface area contributed by atoms with E-state index >= 15 is 0 Å². The summed E-state index contributed by atoms with van der Waals surface area (Å²) in [6.07, 6.45) is 5.70. The average molecular weight is 460 g/mol. The van der Waals surface area contributed by atoms with Crippen LogP contribution in [0.2, 0.25) is 0 Å². The third-order valence-electron chi connectivity index (χ3n) is 7.13. The van der Waals surface area contributed by atoms with E-state index in [0.29, 0.717) is 37.2 Å². The molecule has 0 spiro atoms. The summed E-state index contributed by atoms with van der Waals surface area (Å²) in [4.78, 5) is 31.6. The highest BCUT2D eigenvalue weighted by molar-refractivity contribution is 5.93. The minimum atomic E-state index is -0.635. The van der Waals surface area contributed by atoms with Gasteiger partial charge in [-0.3, -0.25) is 14.5 Å². The predicted octanol–water partition coefficient (Wildman–Crippen LogP) is 0.827. The van der Waals surface area contributed by atoms with E-state index in [-0.39, 0.29) is 5.75 Å². The Hall–Kier alpha value is -2.43. The first-order chi connectivity index (χ1) is 16.1. The van der Waals surface area contributed by atoms with E-state index in [4.69, 9.17) is 14.2 Å². The molecule has 0 saturated carbocycles. The highest BCUT2D eigenvalue weighted by Gasteiger charge is 2.34. The van der Waals surface area contributed by atoms with Crippen molar-refractivity contribution in [1.29, 1.82) is 0 Å². The molecule has 10 heteroatoms. The van der Waals surface area contributed by atoms with Gasteiger partial charge in [0, 0.05) is 57.5 Å². The fraction of sp³-hybridized carbons (Fsp3) is 0.696. The first-order valence-corrected chi connectivity index (χ1v) is 12.1. The number of carbonyl (C=O) groups is 2. The van der Waals surface area contributed by atoms with Crippen LogP contribution in [0.4, 0.5) is 0 Å². The van der Waals surface area contributed by atoms with Gasteiger partial charge in [0.25, 0.3) is 5.88 Å². The van der Waals surface area contributed by atoms with Crippen molar-refractivity contribution < 1.29 is 23.8 Å². The number of rotatable bonds is 5. The number of hydrogen-bond acceptors (Lipinski definition) is 9. The molecule has 0 radical (unpaired) electrons. The van der Waals surface area contributed by atoms with Gasteiger partial charge in [-0.15, -0.1) is 5.10 Å². The minimum Gasteiger partial charge on any atom is -0.473 e. The van der Waals surface area contributed by atoms with Crippen LogP contribution >= 0.6 is 0 Å². The molecular weight excluding hydrogens is 426 g/mol. The molecule has 5 rings (SSSR count). The van der Waals surface area contributed by atoms with Crippen molar-refractivity contribution in [2.75, 3.05) is 59.5 Å². The number of likely N-dealkylation sites (tertiary alicyclic amines) is 1. The Morgan fingerprint density at radius 3 is 2.55 bits per heavy atom. The second kappa shape index (κ2) is 9.82. The maximum atomic E-state index is 12.1. The molecule has 2 saturated heterocycles. The molecule has 0 amide bonds. The Kier molecular flexibility index (Phi) is 6.66. The fourth-order valence-electron chi connectivity index (χ4n) is 5.22. The number of aromatic nitrogens is 2. The second-order valence-corrected chi connectivity index (χ2v) is 9.33. The Balaban J connectivity index is 1.17. The van der Waals surface area contributed by atoms with Crippen molar-refractivity contribution >= 4 is 11.9 Å². The molecule has 0 aliphatic carbocycles. The molecule has 2 fully saturated rings. The van der Waals surface area contributed by atoms with E-state index in [1.807, 2.05) is 0 Å². The van der Waals surface area contributed by atoms with E-state index in [1.165, 1.54) is 25.9 Å². The second-order valence-electron chi connectivity index (χ2n) is 9.33. The van der Waals surface area contributed by atoms with Crippen molar-refractivity contribution in [3.63, 3.8) is 0 Å². The third kappa shape index (κ3) is 5.07. The van der Waals surface area contributed by atoms with E-state index < -0.39 is 18.0 Å². The SMILES string of the molecule is CN1CCC(N2CCN(CCOc3nn4c5c3OC(=O)/C=C\C(=O)OC5CCC4)CC2)CC1. The maximum Gasteiger partial charge on any atom is 0.336 e. The molecule has 1 atom stereocenters. The standard InChI is InChI=1S/C23H33N5O5/c1-25-9-6-17(7-10-25)27-13-11-26(12-14-27)15-16-31-23-22-21-18(3-2-8-28(21)24-23)32-19(29)4-5-20(30)33-22/h4-5,17-18H,2-3,6-16H2,1H3/b5-4-. The average Bonchev–Trinajstić information content (AvgIpc) is 3.18. The number of aryl methyl sites for hydroxylation is 1. The summed E-state index contributed by atoms with van der Waals surface area (Å²) in [5.74, 6) is -0.622. The quantitative estimate of drug-likeness (QED) is 0.594. The van der Waals surface area contributed by atoms with Gasteiger partial charge < -0.3 is 19.1 Å². The molecule has 5 heterocycles. The monoisotopic (exact) mass is 459 g/mol. The molecule has 4 aliphatic rings. The zero-order valence-corrected chi connectivity index (χ0v) is 19.3. The van der Waals surface area contributed by atoms with Crippen molar-refractivity contribution in [3.05, 3.63) is 17.8 Å². The van der Waals surface area contributed by atoms with Gasteiger partial charge in [-0.1, -0.05) is 0 Å². The number of hydrogen-bond donors (Lipinski definition) is 0. The molecule has 10 nitrogen and oxygen atoms in total. The lowest BCUT2D eigenvalue weighted by atomic mass is 10.0. The van der Waals surface area contributed by atoms with E-state index in [9.17, 15) is 9.59 Å². The van der Waals surface area contributed by atoms with Crippen LogP contribution in [0.25, 0.3) is 0 Å². The summed E-state index contributed by atoms with van der Waals surface area (Å²) in [6, 6.07) is 0.715. The lowest BCUT2D eigenvalue weighted by Gasteiger charge is -2.42. The normalized spacial score (nSPS) is 26.5. The van der Waals surface area contributed by atoms with Crippen molar-refractivity contribution in [2.45, 2.75) is 44.4 Å². The minimum absolute atomic E-state index is 0.274. The lowest BCUT2D eigenvalue weighted by Crippen LogP contribution is -2.53. The van der Waals surface area contributed by atoms with Crippen LogP contribution < -0.4 is 9.47 Å². The van der Waals surface area contributed by atoms with Crippen molar-refractivity contribution in [1.82, 2.24) is 24.5 Å². The van der Waals surface area contributed by atoms with Gasteiger partial charge in [0.1, 0.15) is 18.4 Å². The largest absolute Gasteiger partial charge is 0.473 e. The molecular formula is C23H33N5O5. The summed E-state index contributed by atoms with van der Waals surface area (Å²) in [5.41, 5.74) is 0.605. The molecule has 1 aromatic heterocycles. The Morgan fingerprint density at radius 1 is 1.00 bits per heavy atom. The summed E-state index contributed by atoms with van der Waals surface area (Å²) in [7, 11) is 2.20. The number of piperazine rings is 1. The Labute approximate surface area is 194 Å². The van der Waals surface area contributed by atoms with E-state index in [0.717, 1.165) is 51.3 Å². The molecule has 33 heavy (non-hydrogen) atoms. The van der Waals surface area contributed by atoms with Gasteiger partial charge in [-0.05, 0) is 45.8 Å². The van der Waals surface area contributed by atoms with Crippen LogP contribution in [0.15, 0.2) is 12.2 Å². The summed E-state index contributed by atoms with van der Waals surface area (Å²) in [5, 5.41) is 4.52. The molecule has 1 unspecified atom stereocenters.